The van der Waals surface area contributed by atoms with Crippen LogP contribution < -0.4 is 10.6 Å². The maximum atomic E-state index is 5.61. The SMILES string of the molecule is CCN(CC)C1CCN(c2cncc(CN)n2)C1. The monoisotopic (exact) mass is 249 g/mol. The first-order valence-corrected chi connectivity index (χ1v) is 6.78. The van der Waals surface area contributed by atoms with E-state index < -0.39 is 0 Å². The van der Waals surface area contributed by atoms with E-state index in [1.54, 1.807) is 6.20 Å². The van der Waals surface area contributed by atoms with Crippen molar-refractivity contribution in [2.45, 2.75) is 32.9 Å². The molecule has 100 valence electrons. The van der Waals surface area contributed by atoms with E-state index in [0.29, 0.717) is 12.6 Å². The molecule has 1 aliphatic rings. The van der Waals surface area contributed by atoms with Crippen LogP contribution in [-0.4, -0.2) is 47.1 Å². The van der Waals surface area contributed by atoms with Crippen LogP contribution in [0.2, 0.25) is 0 Å². The second kappa shape index (κ2) is 6.11. The number of rotatable bonds is 5. The lowest BCUT2D eigenvalue weighted by molar-refractivity contribution is 0.232. The van der Waals surface area contributed by atoms with Gasteiger partial charge in [0.15, 0.2) is 0 Å². The lowest BCUT2D eigenvalue weighted by Crippen LogP contribution is -2.37. The van der Waals surface area contributed by atoms with Crippen LogP contribution in [0.5, 0.6) is 0 Å². The third-order valence-corrected chi connectivity index (χ3v) is 3.70. The van der Waals surface area contributed by atoms with Crippen LogP contribution in [0.25, 0.3) is 0 Å². The minimum Gasteiger partial charge on any atom is -0.354 e. The molecular weight excluding hydrogens is 226 g/mol. The summed E-state index contributed by atoms with van der Waals surface area (Å²) in [6.45, 7) is 9.23. The van der Waals surface area contributed by atoms with E-state index in [4.69, 9.17) is 5.73 Å². The van der Waals surface area contributed by atoms with Gasteiger partial charge in [0.25, 0.3) is 0 Å². The summed E-state index contributed by atoms with van der Waals surface area (Å²) < 4.78 is 0. The van der Waals surface area contributed by atoms with Gasteiger partial charge in [-0.15, -0.1) is 0 Å². The number of anilines is 1. The smallest absolute Gasteiger partial charge is 0.147 e. The van der Waals surface area contributed by atoms with Gasteiger partial charge in [-0.3, -0.25) is 9.88 Å². The first-order chi connectivity index (χ1) is 8.78. The molecule has 0 saturated carbocycles. The zero-order valence-electron chi connectivity index (χ0n) is 11.3. The molecular formula is C13H23N5. The number of nitrogens with two attached hydrogens (primary N) is 1. The van der Waals surface area contributed by atoms with Crippen molar-refractivity contribution in [3.05, 3.63) is 18.1 Å². The molecule has 5 heteroatoms. The highest BCUT2D eigenvalue weighted by Gasteiger charge is 2.27. The molecule has 1 aliphatic heterocycles. The van der Waals surface area contributed by atoms with Gasteiger partial charge in [-0.25, -0.2) is 4.98 Å². The third-order valence-electron chi connectivity index (χ3n) is 3.70. The Morgan fingerprint density at radius 1 is 1.39 bits per heavy atom. The standard InChI is InChI=1S/C13H23N5/c1-3-17(4-2)12-5-6-18(10-12)13-9-15-8-11(7-14)16-13/h8-9,12H,3-7,10,14H2,1-2H3. The fourth-order valence-electron chi connectivity index (χ4n) is 2.63. The van der Waals surface area contributed by atoms with Gasteiger partial charge in [-0.05, 0) is 19.5 Å². The van der Waals surface area contributed by atoms with Crippen LogP contribution in [0.15, 0.2) is 12.4 Å². The fraction of sp³-hybridized carbons (Fsp3) is 0.692. The number of nitrogens with zero attached hydrogens (tertiary/aromatic N) is 4. The van der Waals surface area contributed by atoms with E-state index in [0.717, 1.165) is 37.7 Å². The molecule has 0 aliphatic carbocycles. The summed E-state index contributed by atoms with van der Waals surface area (Å²) >= 11 is 0. The summed E-state index contributed by atoms with van der Waals surface area (Å²) in [6, 6.07) is 0.642. The molecule has 1 saturated heterocycles. The first kappa shape index (κ1) is 13.2. The summed E-state index contributed by atoms with van der Waals surface area (Å²) in [5, 5.41) is 0. The molecule has 1 aromatic heterocycles. The zero-order valence-corrected chi connectivity index (χ0v) is 11.3. The topological polar surface area (TPSA) is 58.3 Å². The van der Waals surface area contributed by atoms with Gasteiger partial charge in [0.2, 0.25) is 0 Å². The predicted molar refractivity (Wildman–Crippen MR) is 73.5 cm³/mol. The van der Waals surface area contributed by atoms with Crippen LogP contribution in [0.1, 0.15) is 26.0 Å². The number of hydrogen-bond acceptors (Lipinski definition) is 5. The van der Waals surface area contributed by atoms with Crippen molar-refractivity contribution >= 4 is 5.82 Å². The minimum absolute atomic E-state index is 0.453. The van der Waals surface area contributed by atoms with Crippen molar-refractivity contribution in [1.29, 1.82) is 0 Å². The van der Waals surface area contributed by atoms with E-state index in [1.807, 2.05) is 6.20 Å². The van der Waals surface area contributed by atoms with Gasteiger partial charge in [0, 0.05) is 31.9 Å². The fourth-order valence-corrected chi connectivity index (χ4v) is 2.63. The highest BCUT2D eigenvalue weighted by atomic mass is 15.3. The highest BCUT2D eigenvalue weighted by Crippen LogP contribution is 2.20. The van der Waals surface area contributed by atoms with E-state index in [-0.39, 0.29) is 0 Å². The maximum absolute atomic E-state index is 5.61. The van der Waals surface area contributed by atoms with Gasteiger partial charge in [0.1, 0.15) is 5.82 Å². The number of aromatic nitrogens is 2. The van der Waals surface area contributed by atoms with Crippen molar-refractivity contribution in [2.24, 2.45) is 5.73 Å². The summed E-state index contributed by atoms with van der Waals surface area (Å²) in [4.78, 5) is 13.6. The van der Waals surface area contributed by atoms with Crippen molar-refractivity contribution < 1.29 is 0 Å². The molecule has 1 unspecified atom stereocenters. The van der Waals surface area contributed by atoms with E-state index in [1.165, 1.54) is 6.42 Å². The number of hydrogen-bond donors (Lipinski definition) is 1. The number of likely N-dealkylation sites (N-methyl/N-ethyl adjacent to an activating group) is 1. The molecule has 1 atom stereocenters. The van der Waals surface area contributed by atoms with E-state index in [9.17, 15) is 0 Å². The Balaban J connectivity index is 2.03. The summed E-state index contributed by atoms with van der Waals surface area (Å²) in [6.07, 6.45) is 4.78. The van der Waals surface area contributed by atoms with Crippen molar-refractivity contribution in [3.63, 3.8) is 0 Å². The molecule has 0 amide bonds. The normalized spacial score (nSPS) is 19.8. The Bertz CT molecular complexity index is 377. The lowest BCUT2D eigenvalue weighted by Gasteiger charge is -2.26. The van der Waals surface area contributed by atoms with E-state index >= 15 is 0 Å². The molecule has 0 spiro atoms. The molecule has 2 rings (SSSR count). The third kappa shape index (κ3) is 2.79. The quantitative estimate of drug-likeness (QED) is 0.838. The van der Waals surface area contributed by atoms with Gasteiger partial charge < -0.3 is 10.6 Å². The maximum Gasteiger partial charge on any atom is 0.147 e. The van der Waals surface area contributed by atoms with Crippen molar-refractivity contribution in [3.8, 4) is 0 Å². The van der Waals surface area contributed by atoms with Gasteiger partial charge in [0.05, 0.1) is 11.9 Å². The highest BCUT2D eigenvalue weighted by molar-refractivity contribution is 5.38. The molecule has 0 radical (unpaired) electrons. The Hall–Kier alpha value is -1.20. The van der Waals surface area contributed by atoms with Crippen LogP contribution in [0.4, 0.5) is 5.82 Å². The van der Waals surface area contributed by atoms with Crippen LogP contribution in [0, 0.1) is 0 Å². The summed E-state index contributed by atoms with van der Waals surface area (Å²) in [5.41, 5.74) is 6.47. The minimum atomic E-state index is 0.453. The molecule has 1 aromatic rings. The van der Waals surface area contributed by atoms with Crippen molar-refractivity contribution in [2.75, 3.05) is 31.1 Å². The van der Waals surface area contributed by atoms with E-state index in [2.05, 4.69) is 33.6 Å². The Labute approximate surface area is 109 Å². The molecule has 2 heterocycles. The van der Waals surface area contributed by atoms with Crippen LogP contribution in [0.3, 0.4) is 0 Å². The van der Waals surface area contributed by atoms with Gasteiger partial charge in [-0.2, -0.15) is 0 Å². The zero-order chi connectivity index (χ0) is 13.0. The molecule has 18 heavy (non-hydrogen) atoms. The Morgan fingerprint density at radius 3 is 2.83 bits per heavy atom. The second-order valence-electron chi connectivity index (χ2n) is 4.68. The Morgan fingerprint density at radius 2 is 2.17 bits per heavy atom. The lowest BCUT2D eigenvalue weighted by atomic mass is 10.2. The Kier molecular flexibility index (Phi) is 4.49. The first-order valence-electron chi connectivity index (χ1n) is 6.78. The average molecular weight is 249 g/mol. The second-order valence-corrected chi connectivity index (χ2v) is 4.68. The average Bonchev–Trinajstić information content (AvgIpc) is 2.90. The van der Waals surface area contributed by atoms with Gasteiger partial charge >= 0.3 is 0 Å². The summed E-state index contributed by atoms with van der Waals surface area (Å²) in [5.74, 6) is 0.965. The molecule has 5 nitrogen and oxygen atoms in total. The molecule has 2 N–H and O–H groups in total. The predicted octanol–water partition coefficient (Wildman–Crippen LogP) is 0.856. The van der Waals surface area contributed by atoms with Crippen LogP contribution >= 0.6 is 0 Å². The molecule has 0 aromatic carbocycles. The van der Waals surface area contributed by atoms with Crippen LogP contribution in [-0.2, 0) is 6.54 Å². The largest absolute Gasteiger partial charge is 0.354 e. The van der Waals surface area contributed by atoms with Gasteiger partial charge in [-0.1, -0.05) is 13.8 Å². The molecule has 1 fully saturated rings. The summed E-state index contributed by atoms with van der Waals surface area (Å²) in [7, 11) is 0. The molecule has 0 bridgehead atoms. The van der Waals surface area contributed by atoms with Crippen molar-refractivity contribution in [1.82, 2.24) is 14.9 Å².